The molecule has 1 aromatic carbocycles. The van der Waals surface area contributed by atoms with Crippen molar-refractivity contribution in [3.8, 4) is 0 Å². The number of nitrogens with two attached hydrogens (primary N) is 1. The molecule has 1 saturated heterocycles. The van der Waals surface area contributed by atoms with Crippen LogP contribution in [0.3, 0.4) is 0 Å². The van der Waals surface area contributed by atoms with Crippen molar-refractivity contribution in [2.45, 2.75) is 13.5 Å². The van der Waals surface area contributed by atoms with Crippen molar-refractivity contribution >= 4 is 5.69 Å². The van der Waals surface area contributed by atoms with E-state index in [2.05, 4.69) is 52.9 Å². The zero-order valence-electron chi connectivity index (χ0n) is 12.9. The fourth-order valence-electron chi connectivity index (χ4n) is 2.65. The van der Waals surface area contributed by atoms with Crippen molar-refractivity contribution in [3.63, 3.8) is 0 Å². The number of anilines is 1. The summed E-state index contributed by atoms with van der Waals surface area (Å²) in [7, 11) is 2.20. The monoisotopic (exact) mass is 276 g/mol. The number of rotatable bonds is 6. The first-order valence-corrected chi connectivity index (χ1v) is 7.67. The first-order chi connectivity index (χ1) is 9.72. The maximum atomic E-state index is 5.65. The van der Waals surface area contributed by atoms with Crippen LogP contribution in [-0.4, -0.2) is 62.7 Å². The highest BCUT2D eigenvalue weighted by Crippen LogP contribution is 2.15. The highest BCUT2D eigenvalue weighted by molar-refractivity contribution is 5.47. The number of hydrogen-bond donors (Lipinski definition) is 1. The van der Waals surface area contributed by atoms with Gasteiger partial charge in [-0.3, -0.25) is 4.90 Å². The van der Waals surface area contributed by atoms with Crippen LogP contribution in [0.5, 0.6) is 0 Å². The van der Waals surface area contributed by atoms with Crippen LogP contribution in [0.25, 0.3) is 0 Å². The van der Waals surface area contributed by atoms with Crippen LogP contribution in [0.2, 0.25) is 0 Å². The van der Waals surface area contributed by atoms with Gasteiger partial charge in [0.1, 0.15) is 0 Å². The average molecular weight is 276 g/mol. The summed E-state index contributed by atoms with van der Waals surface area (Å²) in [5, 5.41) is 0. The van der Waals surface area contributed by atoms with E-state index in [1.165, 1.54) is 37.4 Å². The Kier molecular flexibility index (Phi) is 5.83. The summed E-state index contributed by atoms with van der Waals surface area (Å²) < 4.78 is 0. The van der Waals surface area contributed by atoms with E-state index in [0.717, 1.165) is 19.6 Å². The quantitative estimate of drug-likeness (QED) is 0.847. The number of nitrogens with zero attached hydrogens (tertiary/aromatic N) is 3. The number of hydrogen-bond acceptors (Lipinski definition) is 4. The van der Waals surface area contributed by atoms with Crippen LogP contribution in [0.15, 0.2) is 24.3 Å². The van der Waals surface area contributed by atoms with Gasteiger partial charge in [0.25, 0.3) is 0 Å². The van der Waals surface area contributed by atoms with E-state index in [1.807, 2.05) is 0 Å². The van der Waals surface area contributed by atoms with Gasteiger partial charge in [0.05, 0.1) is 0 Å². The van der Waals surface area contributed by atoms with Gasteiger partial charge < -0.3 is 15.5 Å². The standard InChI is InChI=1S/C16H28N4/c1-3-20(16-6-4-15(14-17)5-7-16)13-12-19-10-8-18(2)9-11-19/h4-7H,3,8-14,17H2,1-2H3. The van der Waals surface area contributed by atoms with Crippen LogP contribution in [-0.2, 0) is 6.54 Å². The van der Waals surface area contributed by atoms with Crippen molar-refractivity contribution < 1.29 is 0 Å². The number of likely N-dealkylation sites (N-methyl/N-ethyl adjacent to an activating group) is 2. The van der Waals surface area contributed by atoms with E-state index < -0.39 is 0 Å². The third-order valence-corrected chi connectivity index (χ3v) is 4.20. The lowest BCUT2D eigenvalue weighted by Crippen LogP contribution is -2.47. The maximum Gasteiger partial charge on any atom is 0.0366 e. The lowest BCUT2D eigenvalue weighted by Gasteiger charge is -2.34. The van der Waals surface area contributed by atoms with Gasteiger partial charge in [-0.1, -0.05) is 12.1 Å². The second-order valence-electron chi connectivity index (χ2n) is 5.60. The highest BCUT2D eigenvalue weighted by Gasteiger charge is 2.14. The maximum absolute atomic E-state index is 5.65. The minimum Gasteiger partial charge on any atom is -0.371 e. The highest BCUT2D eigenvalue weighted by atomic mass is 15.3. The molecule has 4 nitrogen and oxygen atoms in total. The van der Waals surface area contributed by atoms with Crippen LogP contribution < -0.4 is 10.6 Å². The zero-order chi connectivity index (χ0) is 14.4. The predicted octanol–water partition coefficient (Wildman–Crippen LogP) is 1.22. The number of benzene rings is 1. The molecule has 1 aliphatic rings. The molecule has 112 valence electrons. The van der Waals surface area contributed by atoms with Gasteiger partial charge in [-0.15, -0.1) is 0 Å². The summed E-state index contributed by atoms with van der Waals surface area (Å²) in [6, 6.07) is 8.65. The first kappa shape index (κ1) is 15.3. The Morgan fingerprint density at radius 3 is 2.30 bits per heavy atom. The lowest BCUT2D eigenvalue weighted by atomic mass is 10.2. The second-order valence-corrected chi connectivity index (χ2v) is 5.60. The summed E-state index contributed by atoms with van der Waals surface area (Å²) >= 11 is 0. The Bertz CT molecular complexity index is 382. The van der Waals surface area contributed by atoms with Gasteiger partial charge in [0, 0.05) is 58.0 Å². The second kappa shape index (κ2) is 7.62. The lowest BCUT2D eigenvalue weighted by molar-refractivity contribution is 0.157. The molecule has 0 atom stereocenters. The summed E-state index contributed by atoms with van der Waals surface area (Å²) in [5.74, 6) is 0. The molecule has 0 saturated carbocycles. The molecule has 0 bridgehead atoms. The Morgan fingerprint density at radius 1 is 1.10 bits per heavy atom. The molecule has 0 radical (unpaired) electrons. The molecule has 20 heavy (non-hydrogen) atoms. The van der Waals surface area contributed by atoms with E-state index in [9.17, 15) is 0 Å². The van der Waals surface area contributed by atoms with Crippen molar-refractivity contribution in [1.29, 1.82) is 0 Å². The summed E-state index contributed by atoms with van der Waals surface area (Å²) in [4.78, 5) is 7.41. The summed E-state index contributed by atoms with van der Waals surface area (Å²) in [6.07, 6.45) is 0. The molecule has 1 fully saturated rings. The van der Waals surface area contributed by atoms with E-state index >= 15 is 0 Å². The van der Waals surface area contributed by atoms with Gasteiger partial charge in [-0.2, -0.15) is 0 Å². The predicted molar refractivity (Wildman–Crippen MR) is 86.2 cm³/mol. The molecular formula is C16H28N4. The zero-order valence-corrected chi connectivity index (χ0v) is 12.9. The molecule has 0 aliphatic carbocycles. The topological polar surface area (TPSA) is 35.7 Å². The Balaban J connectivity index is 1.85. The molecule has 1 aromatic rings. The largest absolute Gasteiger partial charge is 0.371 e. The SMILES string of the molecule is CCN(CCN1CCN(C)CC1)c1ccc(CN)cc1. The van der Waals surface area contributed by atoms with Gasteiger partial charge in [0.2, 0.25) is 0 Å². The molecule has 1 heterocycles. The number of piperazine rings is 1. The minimum absolute atomic E-state index is 0.619. The van der Waals surface area contributed by atoms with Crippen molar-refractivity contribution in [2.75, 3.05) is 57.8 Å². The molecular weight excluding hydrogens is 248 g/mol. The molecule has 0 unspecified atom stereocenters. The van der Waals surface area contributed by atoms with Crippen molar-refractivity contribution in [3.05, 3.63) is 29.8 Å². The van der Waals surface area contributed by atoms with Gasteiger partial charge in [0.15, 0.2) is 0 Å². The molecule has 0 amide bonds. The molecule has 2 N–H and O–H groups in total. The first-order valence-electron chi connectivity index (χ1n) is 7.67. The van der Waals surface area contributed by atoms with Crippen LogP contribution in [0, 0.1) is 0 Å². The molecule has 0 spiro atoms. The van der Waals surface area contributed by atoms with Gasteiger partial charge in [-0.25, -0.2) is 0 Å². The fourth-order valence-corrected chi connectivity index (χ4v) is 2.65. The van der Waals surface area contributed by atoms with Crippen molar-refractivity contribution in [1.82, 2.24) is 9.80 Å². The smallest absolute Gasteiger partial charge is 0.0366 e. The summed E-state index contributed by atoms with van der Waals surface area (Å²) in [5.41, 5.74) is 8.15. The van der Waals surface area contributed by atoms with E-state index in [0.29, 0.717) is 6.54 Å². The molecule has 2 rings (SSSR count). The van der Waals surface area contributed by atoms with Crippen molar-refractivity contribution in [2.24, 2.45) is 5.73 Å². The minimum atomic E-state index is 0.619. The van der Waals surface area contributed by atoms with Gasteiger partial charge >= 0.3 is 0 Å². The molecule has 0 aromatic heterocycles. The molecule has 4 heteroatoms. The average Bonchev–Trinajstić information content (AvgIpc) is 2.50. The Labute approximate surface area is 123 Å². The van der Waals surface area contributed by atoms with Crippen LogP contribution in [0.4, 0.5) is 5.69 Å². The van der Waals surface area contributed by atoms with E-state index in [1.54, 1.807) is 0 Å². The molecule has 1 aliphatic heterocycles. The van der Waals surface area contributed by atoms with Crippen LogP contribution in [0.1, 0.15) is 12.5 Å². The van der Waals surface area contributed by atoms with Crippen LogP contribution >= 0.6 is 0 Å². The Morgan fingerprint density at radius 2 is 1.75 bits per heavy atom. The van der Waals surface area contributed by atoms with E-state index in [4.69, 9.17) is 5.73 Å². The Hall–Kier alpha value is -1.10. The third-order valence-electron chi connectivity index (χ3n) is 4.20. The normalized spacial score (nSPS) is 17.4. The third kappa shape index (κ3) is 4.20. The van der Waals surface area contributed by atoms with E-state index in [-0.39, 0.29) is 0 Å². The van der Waals surface area contributed by atoms with Gasteiger partial charge in [-0.05, 0) is 31.7 Å². The fraction of sp³-hybridized carbons (Fsp3) is 0.625. The summed E-state index contributed by atoms with van der Waals surface area (Å²) in [6.45, 7) is 10.9.